The zero-order chi connectivity index (χ0) is 20.1. The van der Waals surface area contributed by atoms with Crippen LogP contribution in [0.1, 0.15) is 15.2 Å². The second-order valence-electron chi connectivity index (χ2n) is 5.73. The molecule has 1 amide bonds. The lowest BCUT2D eigenvalue weighted by molar-refractivity contribution is 0.102. The van der Waals surface area contributed by atoms with E-state index in [1.165, 1.54) is 48.0 Å². The molecular weight excluding hydrogens is 410 g/mol. The Balaban J connectivity index is 1.69. The molecule has 0 radical (unpaired) electrons. The SMILES string of the molecule is O=C(Nc1cnn(CC(F)F)c1)c1cccc(S(=O)(=O)NCc2cccs2)c1. The van der Waals surface area contributed by atoms with E-state index in [9.17, 15) is 22.0 Å². The Bertz CT molecular complexity index is 1050. The number of rotatable bonds is 8. The number of aromatic nitrogens is 2. The average molecular weight is 426 g/mol. The summed E-state index contributed by atoms with van der Waals surface area (Å²) in [6, 6.07) is 9.17. The molecule has 0 aliphatic heterocycles. The van der Waals surface area contributed by atoms with Crippen LogP contribution in [-0.4, -0.2) is 30.5 Å². The van der Waals surface area contributed by atoms with E-state index in [4.69, 9.17) is 0 Å². The van der Waals surface area contributed by atoms with E-state index in [0.717, 1.165) is 9.56 Å². The van der Waals surface area contributed by atoms with Gasteiger partial charge in [0.15, 0.2) is 0 Å². The van der Waals surface area contributed by atoms with Crippen molar-refractivity contribution in [3.63, 3.8) is 0 Å². The van der Waals surface area contributed by atoms with E-state index in [-0.39, 0.29) is 22.7 Å². The van der Waals surface area contributed by atoms with Gasteiger partial charge in [-0.25, -0.2) is 21.9 Å². The molecule has 7 nitrogen and oxygen atoms in total. The summed E-state index contributed by atoms with van der Waals surface area (Å²) in [4.78, 5) is 13.2. The molecule has 0 saturated heterocycles. The van der Waals surface area contributed by atoms with Crippen molar-refractivity contribution in [1.82, 2.24) is 14.5 Å². The van der Waals surface area contributed by atoms with Gasteiger partial charge in [-0.3, -0.25) is 9.48 Å². The summed E-state index contributed by atoms with van der Waals surface area (Å²) in [7, 11) is -3.80. The molecule has 28 heavy (non-hydrogen) atoms. The molecule has 0 bridgehead atoms. The van der Waals surface area contributed by atoms with E-state index in [1.807, 2.05) is 17.5 Å². The lowest BCUT2D eigenvalue weighted by Crippen LogP contribution is -2.23. The molecule has 0 fully saturated rings. The molecule has 2 heterocycles. The van der Waals surface area contributed by atoms with E-state index in [1.54, 1.807) is 0 Å². The van der Waals surface area contributed by atoms with Crippen molar-refractivity contribution in [1.29, 1.82) is 0 Å². The number of hydrogen-bond donors (Lipinski definition) is 2. The van der Waals surface area contributed by atoms with Crippen molar-refractivity contribution in [2.24, 2.45) is 0 Å². The quantitative estimate of drug-likeness (QED) is 0.579. The Morgan fingerprint density at radius 2 is 2.07 bits per heavy atom. The molecule has 2 N–H and O–H groups in total. The second kappa shape index (κ2) is 8.59. The number of carbonyl (C=O) groups is 1. The predicted molar refractivity (Wildman–Crippen MR) is 101 cm³/mol. The number of sulfonamides is 1. The standard InChI is InChI=1S/C17H16F2N4O3S2/c18-16(19)11-23-10-13(8-20-23)22-17(24)12-3-1-5-15(7-12)28(25,26)21-9-14-4-2-6-27-14/h1-8,10,16,21H,9,11H2,(H,22,24). The van der Waals surface area contributed by atoms with E-state index in [2.05, 4.69) is 15.1 Å². The van der Waals surface area contributed by atoms with Crippen LogP contribution in [0.2, 0.25) is 0 Å². The Morgan fingerprint density at radius 3 is 2.79 bits per heavy atom. The van der Waals surface area contributed by atoms with Crippen LogP contribution >= 0.6 is 11.3 Å². The lowest BCUT2D eigenvalue weighted by Gasteiger charge is -2.08. The summed E-state index contributed by atoms with van der Waals surface area (Å²) >= 11 is 1.43. The van der Waals surface area contributed by atoms with Crippen LogP contribution in [0.25, 0.3) is 0 Å². The molecule has 0 atom stereocenters. The molecule has 0 spiro atoms. The summed E-state index contributed by atoms with van der Waals surface area (Å²) in [5.41, 5.74) is 0.343. The first-order chi connectivity index (χ1) is 13.3. The van der Waals surface area contributed by atoms with Gasteiger partial charge in [-0.1, -0.05) is 12.1 Å². The molecular formula is C17H16F2N4O3S2. The number of halogens is 2. The number of alkyl halides is 2. The minimum absolute atomic E-state index is 0.0508. The predicted octanol–water partition coefficient (Wildman–Crippen LogP) is 2.94. The first kappa shape index (κ1) is 20.1. The zero-order valence-corrected chi connectivity index (χ0v) is 16.0. The van der Waals surface area contributed by atoms with Crippen LogP contribution < -0.4 is 10.0 Å². The first-order valence-corrected chi connectivity index (χ1v) is 10.4. The third-order valence-electron chi connectivity index (χ3n) is 3.64. The van der Waals surface area contributed by atoms with Gasteiger partial charge in [0, 0.05) is 23.2 Å². The number of thiophene rings is 1. The highest BCUT2D eigenvalue weighted by Gasteiger charge is 2.17. The number of hydrogen-bond acceptors (Lipinski definition) is 5. The Hall–Kier alpha value is -2.63. The number of anilines is 1. The van der Waals surface area contributed by atoms with Crippen molar-refractivity contribution >= 4 is 33.0 Å². The van der Waals surface area contributed by atoms with Gasteiger partial charge in [-0.15, -0.1) is 11.3 Å². The fraction of sp³-hybridized carbons (Fsp3) is 0.176. The minimum atomic E-state index is -3.80. The van der Waals surface area contributed by atoms with Crippen molar-refractivity contribution in [2.45, 2.75) is 24.4 Å². The van der Waals surface area contributed by atoms with Crippen molar-refractivity contribution in [2.75, 3.05) is 5.32 Å². The third kappa shape index (κ3) is 5.21. The number of nitrogens with one attached hydrogen (secondary N) is 2. The maximum Gasteiger partial charge on any atom is 0.257 e. The molecule has 3 rings (SSSR count). The van der Waals surface area contributed by atoms with Crippen molar-refractivity contribution in [3.05, 3.63) is 64.6 Å². The average Bonchev–Trinajstić information content (AvgIpc) is 3.32. The molecule has 0 aliphatic rings. The fourth-order valence-corrected chi connectivity index (χ4v) is 4.13. The number of carbonyl (C=O) groups excluding carboxylic acids is 1. The minimum Gasteiger partial charge on any atom is -0.319 e. The number of amides is 1. The highest BCUT2D eigenvalue weighted by molar-refractivity contribution is 7.89. The molecule has 0 saturated carbocycles. The van der Waals surface area contributed by atoms with Crippen LogP contribution in [0.5, 0.6) is 0 Å². The van der Waals surface area contributed by atoms with Crippen molar-refractivity contribution < 1.29 is 22.0 Å². The second-order valence-corrected chi connectivity index (χ2v) is 8.53. The van der Waals surface area contributed by atoms with E-state index < -0.39 is 28.9 Å². The highest BCUT2D eigenvalue weighted by Crippen LogP contribution is 2.16. The van der Waals surface area contributed by atoms with Gasteiger partial charge in [0.1, 0.15) is 6.54 Å². The number of benzene rings is 1. The number of nitrogens with zero attached hydrogens (tertiary/aromatic N) is 2. The molecule has 1 aromatic carbocycles. The van der Waals surface area contributed by atoms with Crippen molar-refractivity contribution in [3.8, 4) is 0 Å². The zero-order valence-electron chi connectivity index (χ0n) is 14.4. The largest absolute Gasteiger partial charge is 0.319 e. The summed E-state index contributed by atoms with van der Waals surface area (Å²) < 4.78 is 53.1. The van der Waals surface area contributed by atoms with Crippen LogP contribution in [0.4, 0.5) is 14.5 Å². The summed E-state index contributed by atoms with van der Waals surface area (Å²) in [6.45, 7) is -0.431. The summed E-state index contributed by atoms with van der Waals surface area (Å²) in [6.07, 6.45) is -0.0523. The van der Waals surface area contributed by atoms with Crippen LogP contribution in [0.3, 0.4) is 0 Å². The van der Waals surface area contributed by atoms with Gasteiger partial charge >= 0.3 is 0 Å². The van der Waals surface area contributed by atoms with Gasteiger partial charge in [-0.2, -0.15) is 5.10 Å². The summed E-state index contributed by atoms with van der Waals surface area (Å²) in [5.74, 6) is -0.577. The molecule has 0 aliphatic carbocycles. The topological polar surface area (TPSA) is 93.1 Å². The summed E-state index contributed by atoms with van der Waals surface area (Å²) in [5, 5.41) is 8.08. The molecule has 2 aromatic heterocycles. The molecule has 11 heteroatoms. The van der Waals surface area contributed by atoms with E-state index >= 15 is 0 Å². The van der Waals surface area contributed by atoms with Gasteiger partial charge < -0.3 is 5.32 Å². The van der Waals surface area contributed by atoms with Gasteiger partial charge in [0.25, 0.3) is 12.3 Å². The normalized spacial score (nSPS) is 11.7. The first-order valence-electron chi connectivity index (χ1n) is 8.07. The Kier molecular flexibility index (Phi) is 6.17. The fourth-order valence-electron chi connectivity index (χ4n) is 2.34. The maximum absolute atomic E-state index is 12.4. The van der Waals surface area contributed by atoms with Crippen LogP contribution in [-0.2, 0) is 23.1 Å². The Morgan fingerprint density at radius 1 is 1.25 bits per heavy atom. The van der Waals surface area contributed by atoms with Gasteiger partial charge in [-0.05, 0) is 29.6 Å². The third-order valence-corrected chi connectivity index (χ3v) is 5.91. The monoisotopic (exact) mass is 426 g/mol. The van der Waals surface area contributed by atoms with Gasteiger partial charge in [0.2, 0.25) is 10.0 Å². The highest BCUT2D eigenvalue weighted by atomic mass is 32.2. The van der Waals surface area contributed by atoms with Gasteiger partial charge in [0.05, 0.1) is 16.8 Å². The molecule has 148 valence electrons. The molecule has 0 unspecified atom stereocenters. The van der Waals surface area contributed by atoms with Crippen LogP contribution in [0, 0.1) is 0 Å². The maximum atomic E-state index is 12.4. The van der Waals surface area contributed by atoms with Crippen LogP contribution in [0.15, 0.2) is 59.1 Å². The lowest BCUT2D eigenvalue weighted by atomic mass is 10.2. The Labute approximate surface area is 164 Å². The smallest absolute Gasteiger partial charge is 0.257 e. The van der Waals surface area contributed by atoms with E-state index in [0.29, 0.717) is 0 Å². The molecule has 3 aromatic rings.